The first kappa shape index (κ1) is 28.8. The molecule has 7 aromatic rings. The predicted octanol–water partition coefficient (Wildman–Crippen LogP) is 12.2. The van der Waals surface area contributed by atoms with Gasteiger partial charge >= 0.3 is 12.4 Å². The molecule has 1 aromatic heterocycles. The van der Waals surface area contributed by atoms with Gasteiger partial charge < -0.3 is 0 Å². The number of thiazole rings is 1. The second-order valence-corrected chi connectivity index (χ2v) is 11.7. The lowest BCUT2D eigenvalue weighted by Gasteiger charge is -2.14. The summed E-state index contributed by atoms with van der Waals surface area (Å²) in [7, 11) is 0. The number of rotatable bonds is 4. The first-order valence-electron chi connectivity index (χ1n) is 13.9. The lowest BCUT2D eigenvalue weighted by atomic mass is 9.95. The topological polar surface area (TPSA) is 12.9 Å². The molecule has 0 saturated carbocycles. The largest absolute Gasteiger partial charge is 0.416 e. The van der Waals surface area contributed by atoms with Crippen molar-refractivity contribution < 1.29 is 26.3 Å². The standard InChI is InChI=1S/C37H21F6NS/c38-36(39,40)31-19-30(20-32(21-31)37(41,42)43)24-7-5-22(6-8-24)26-13-15-29-18-27(14-16-28(29)17-26)23-9-11-25(12-10-23)35-44-33-3-1-2-4-34(33)45-35/h1-21H. The Kier molecular flexibility index (Phi) is 6.97. The molecule has 0 bridgehead atoms. The highest BCUT2D eigenvalue weighted by atomic mass is 32.1. The van der Waals surface area contributed by atoms with Crippen LogP contribution in [0, 0.1) is 0 Å². The first-order chi connectivity index (χ1) is 21.5. The van der Waals surface area contributed by atoms with E-state index in [1.807, 2.05) is 48.5 Å². The zero-order valence-corrected chi connectivity index (χ0v) is 24.1. The fraction of sp³-hybridized carbons (Fsp3) is 0.0541. The van der Waals surface area contributed by atoms with E-state index >= 15 is 0 Å². The molecule has 1 heterocycles. The normalized spacial score (nSPS) is 12.2. The maximum absolute atomic E-state index is 13.3. The molecule has 6 aromatic carbocycles. The number of hydrogen-bond acceptors (Lipinski definition) is 2. The summed E-state index contributed by atoms with van der Waals surface area (Å²) in [5, 5.41) is 3.01. The highest BCUT2D eigenvalue weighted by molar-refractivity contribution is 7.21. The van der Waals surface area contributed by atoms with Crippen LogP contribution in [0.15, 0.2) is 127 Å². The van der Waals surface area contributed by atoms with Crippen molar-refractivity contribution in [3.05, 3.63) is 139 Å². The highest BCUT2D eigenvalue weighted by Gasteiger charge is 2.37. The summed E-state index contributed by atoms with van der Waals surface area (Å²) in [6.07, 6.45) is -9.80. The molecule has 0 spiro atoms. The Hall–Kier alpha value is -4.95. The van der Waals surface area contributed by atoms with E-state index in [0.717, 1.165) is 65.9 Å². The minimum Gasteiger partial charge on any atom is -0.236 e. The van der Waals surface area contributed by atoms with Crippen molar-refractivity contribution in [2.24, 2.45) is 0 Å². The van der Waals surface area contributed by atoms with Crippen molar-refractivity contribution in [3.63, 3.8) is 0 Å². The lowest BCUT2D eigenvalue weighted by Crippen LogP contribution is -2.11. The third-order valence-corrected chi connectivity index (χ3v) is 8.82. The van der Waals surface area contributed by atoms with E-state index in [2.05, 4.69) is 36.4 Å². The van der Waals surface area contributed by atoms with E-state index < -0.39 is 23.5 Å². The third-order valence-electron chi connectivity index (χ3n) is 7.74. The van der Waals surface area contributed by atoms with Crippen molar-refractivity contribution in [1.29, 1.82) is 0 Å². The van der Waals surface area contributed by atoms with E-state index in [9.17, 15) is 26.3 Å². The number of alkyl halides is 6. The Labute approximate surface area is 258 Å². The van der Waals surface area contributed by atoms with E-state index in [1.54, 1.807) is 23.5 Å². The van der Waals surface area contributed by atoms with Gasteiger partial charge in [0.2, 0.25) is 0 Å². The number of hydrogen-bond donors (Lipinski definition) is 0. The van der Waals surface area contributed by atoms with Gasteiger partial charge in [0.05, 0.1) is 21.3 Å². The second kappa shape index (κ2) is 10.9. The van der Waals surface area contributed by atoms with Crippen molar-refractivity contribution in [3.8, 4) is 44.0 Å². The van der Waals surface area contributed by atoms with Crippen LogP contribution in [0.4, 0.5) is 26.3 Å². The van der Waals surface area contributed by atoms with Crippen LogP contribution in [0.25, 0.3) is 64.9 Å². The molecule has 0 saturated heterocycles. The molecule has 0 aliphatic heterocycles. The Morgan fingerprint density at radius 3 is 1.36 bits per heavy atom. The Balaban J connectivity index is 1.14. The smallest absolute Gasteiger partial charge is 0.236 e. The van der Waals surface area contributed by atoms with Gasteiger partial charge in [0.25, 0.3) is 0 Å². The molecule has 0 aliphatic carbocycles. The number of nitrogens with zero attached hydrogens (tertiary/aromatic N) is 1. The van der Waals surface area contributed by atoms with Gasteiger partial charge in [0, 0.05) is 5.56 Å². The number of benzene rings is 6. The van der Waals surface area contributed by atoms with Crippen LogP contribution < -0.4 is 0 Å². The summed E-state index contributed by atoms with van der Waals surface area (Å²) >= 11 is 1.66. The molecule has 222 valence electrons. The molecular weight excluding hydrogens is 604 g/mol. The summed E-state index contributed by atoms with van der Waals surface area (Å²) in [5.41, 5.74) is 3.29. The van der Waals surface area contributed by atoms with Crippen LogP contribution in [0.2, 0.25) is 0 Å². The van der Waals surface area contributed by atoms with Crippen LogP contribution in [0.1, 0.15) is 11.1 Å². The third kappa shape index (κ3) is 5.81. The molecule has 8 heteroatoms. The predicted molar refractivity (Wildman–Crippen MR) is 169 cm³/mol. The lowest BCUT2D eigenvalue weighted by molar-refractivity contribution is -0.143. The SMILES string of the molecule is FC(F)(F)c1cc(-c2ccc(-c3ccc4cc(-c5ccc(-c6nc7ccccc7s6)cc5)ccc4c3)cc2)cc(C(F)(F)F)c1. The summed E-state index contributed by atoms with van der Waals surface area (Å²) in [6.45, 7) is 0. The molecule has 0 unspecified atom stereocenters. The summed E-state index contributed by atoms with van der Waals surface area (Å²) < 4.78 is 81.1. The average Bonchev–Trinajstić information content (AvgIpc) is 3.48. The van der Waals surface area contributed by atoms with Gasteiger partial charge in [-0.15, -0.1) is 11.3 Å². The molecule has 45 heavy (non-hydrogen) atoms. The van der Waals surface area contributed by atoms with E-state index in [4.69, 9.17) is 4.98 Å². The maximum atomic E-state index is 13.3. The number of para-hydroxylation sites is 1. The van der Waals surface area contributed by atoms with Gasteiger partial charge in [0.15, 0.2) is 0 Å². The summed E-state index contributed by atoms with van der Waals surface area (Å²) in [6, 6.07) is 36.6. The minimum absolute atomic E-state index is 0.136. The minimum atomic E-state index is -4.90. The van der Waals surface area contributed by atoms with Crippen molar-refractivity contribution in [2.45, 2.75) is 12.4 Å². The van der Waals surface area contributed by atoms with Gasteiger partial charge in [-0.3, -0.25) is 0 Å². The molecule has 0 radical (unpaired) electrons. The van der Waals surface area contributed by atoms with Gasteiger partial charge in [-0.2, -0.15) is 26.3 Å². The molecular formula is C37H21F6NS. The van der Waals surface area contributed by atoms with Crippen molar-refractivity contribution in [2.75, 3.05) is 0 Å². The zero-order chi connectivity index (χ0) is 31.3. The Morgan fingerprint density at radius 2 is 0.867 bits per heavy atom. The van der Waals surface area contributed by atoms with Crippen molar-refractivity contribution in [1.82, 2.24) is 4.98 Å². The Bertz CT molecular complexity index is 2110. The quantitative estimate of drug-likeness (QED) is 0.177. The van der Waals surface area contributed by atoms with Gasteiger partial charge in [-0.05, 0) is 86.6 Å². The van der Waals surface area contributed by atoms with Crippen molar-refractivity contribution >= 4 is 32.3 Å². The van der Waals surface area contributed by atoms with Gasteiger partial charge in [-0.25, -0.2) is 4.98 Å². The van der Waals surface area contributed by atoms with Gasteiger partial charge in [0.1, 0.15) is 5.01 Å². The molecule has 0 aliphatic rings. The van der Waals surface area contributed by atoms with Crippen LogP contribution in [0.3, 0.4) is 0 Å². The second-order valence-electron chi connectivity index (χ2n) is 10.7. The fourth-order valence-electron chi connectivity index (χ4n) is 5.38. The summed E-state index contributed by atoms with van der Waals surface area (Å²) in [4.78, 5) is 4.74. The van der Waals surface area contributed by atoms with E-state index in [-0.39, 0.29) is 17.2 Å². The molecule has 0 fully saturated rings. The first-order valence-corrected chi connectivity index (χ1v) is 14.7. The van der Waals surface area contributed by atoms with Crippen LogP contribution in [-0.4, -0.2) is 4.98 Å². The zero-order valence-electron chi connectivity index (χ0n) is 23.2. The number of aromatic nitrogens is 1. The van der Waals surface area contributed by atoms with E-state index in [0.29, 0.717) is 0 Å². The van der Waals surface area contributed by atoms with Crippen LogP contribution in [0.5, 0.6) is 0 Å². The fourth-order valence-corrected chi connectivity index (χ4v) is 6.35. The van der Waals surface area contributed by atoms with E-state index in [1.165, 1.54) is 12.1 Å². The average molecular weight is 626 g/mol. The highest BCUT2D eigenvalue weighted by Crippen LogP contribution is 2.39. The Morgan fingerprint density at radius 1 is 0.422 bits per heavy atom. The molecule has 1 nitrogen and oxygen atoms in total. The maximum Gasteiger partial charge on any atom is 0.416 e. The van der Waals surface area contributed by atoms with Gasteiger partial charge in [-0.1, -0.05) is 84.9 Å². The number of halogens is 6. The van der Waals surface area contributed by atoms with Crippen LogP contribution >= 0.6 is 11.3 Å². The monoisotopic (exact) mass is 625 g/mol. The summed E-state index contributed by atoms with van der Waals surface area (Å²) in [5.74, 6) is 0. The molecule has 0 atom stereocenters. The molecule has 7 rings (SSSR count). The molecule has 0 amide bonds. The number of fused-ring (bicyclic) bond motifs is 2. The van der Waals surface area contributed by atoms with Crippen LogP contribution in [-0.2, 0) is 12.4 Å². The molecule has 0 N–H and O–H groups in total.